The number of aryl methyl sites for hydroxylation is 3. The molecule has 39 heavy (non-hydrogen) atoms. The predicted molar refractivity (Wildman–Crippen MR) is 158 cm³/mol. The molecule has 2 aromatic rings. The first-order chi connectivity index (χ1) is 18.1. The van der Waals surface area contributed by atoms with Crippen molar-refractivity contribution < 1.29 is 19.1 Å². The molecule has 3 atom stereocenters. The third kappa shape index (κ3) is 8.46. The molecule has 0 radical (unpaired) electrons. The second kappa shape index (κ2) is 13.3. The zero-order valence-corrected chi connectivity index (χ0v) is 25.7. The number of para-hydroxylation sites is 1. The zero-order chi connectivity index (χ0) is 29.7. The number of benzene rings is 2. The number of hydrogen-bond acceptors (Lipinski definition) is 4. The van der Waals surface area contributed by atoms with Gasteiger partial charge in [-0.2, -0.15) is 0 Å². The van der Waals surface area contributed by atoms with Gasteiger partial charge in [0.25, 0.3) is 5.91 Å². The fourth-order valence-electron chi connectivity index (χ4n) is 4.31. The third-order valence-corrected chi connectivity index (χ3v) is 7.12. The average Bonchev–Trinajstić information content (AvgIpc) is 2.82. The van der Waals surface area contributed by atoms with Crippen LogP contribution in [0.3, 0.4) is 0 Å². The lowest BCUT2D eigenvalue weighted by Gasteiger charge is -2.38. The highest BCUT2D eigenvalue weighted by molar-refractivity contribution is 6.34. The van der Waals surface area contributed by atoms with Gasteiger partial charge in [-0.1, -0.05) is 62.2 Å². The van der Waals surface area contributed by atoms with Crippen LogP contribution in [0.1, 0.15) is 83.2 Å². The highest BCUT2D eigenvalue weighted by Crippen LogP contribution is 2.31. The van der Waals surface area contributed by atoms with E-state index in [0.717, 1.165) is 16.7 Å². The van der Waals surface area contributed by atoms with Crippen LogP contribution in [0.5, 0.6) is 0 Å². The number of carbonyl (C=O) groups is 3. The Morgan fingerprint density at radius 1 is 0.974 bits per heavy atom. The Balaban J connectivity index is 2.62. The first-order valence-electron chi connectivity index (χ1n) is 13.5. The summed E-state index contributed by atoms with van der Waals surface area (Å²) in [5.41, 5.74) is 3.33. The molecule has 2 N–H and O–H groups in total. The Morgan fingerprint density at radius 2 is 1.62 bits per heavy atom. The Labute approximate surface area is 238 Å². The maximum atomic E-state index is 14.3. The highest BCUT2D eigenvalue weighted by Gasteiger charge is 2.39. The van der Waals surface area contributed by atoms with Crippen molar-refractivity contribution in [2.75, 3.05) is 5.32 Å². The molecule has 0 aliphatic heterocycles. The number of nitrogens with zero attached hydrogens (tertiary/aromatic N) is 1. The van der Waals surface area contributed by atoms with Gasteiger partial charge in [-0.3, -0.25) is 9.59 Å². The lowest BCUT2D eigenvalue weighted by Crippen LogP contribution is -2.56. The van der Waals surface area contributed by atoms with Crippen molar-refractivity contribution in [3.8, 4) is 0 Å². The van der Waals surface area contributed by atoms with Crippen LogP contribution >= 0.6 is 11.6 Å². The Kier molecular flexibility index (Phi) is 11.0. The molecule has 3 unspecified atom stereocenters. The summed E-state index contributed by atoms with van der Waals surface area (Å²) in [7, 11) is 0. The molecule has 8 heteroatoms. The summed E-state index contributed by atoms with van der Waals surface area (Å²) in [4.78, 5) is 42.7. The molecule has 0 bridgehead atoms. The standard InChI is InChI=1S/C31H44ClN3O4/c1-11-19(4)26(34-30(38)39-31(8,9)10)29(37)35(18(2)3)27(23-16-15-20(5)22(7)17-23)28(36)33-25-21(6)13-12-14-24(25)32/h12-19,26-27H,11H2,1-10H3,(H,33,36)(H,34,38). The fourth-order valence-corrected chi connectivity index (χ4v) is 4.58. The maximum absolute atomic E-state index is 14.3. The molecule has 214 valence electrons. The second-order valence-corrected chi connectivity index (χ2v) is 11.9. The SMILES string of the molecule is CCC(C)C(NC(=O)OC(C)(C)C)C(=O)N(C(C)C)C(C(=O)Nc1c(C)cccc1Cl)c1ccc(C)c(C)c1. The van der Waals surface area contributed by atoms with Crippen LogP contribution in [0.25, 0.3) is 0 Å². The van der Waals surface area contributed by atoms with E-state index in [1.54, 1.807) is 31.7 Å². The number of ether oxygens (including phenoxy) is 1. The molecule has 2 aromatic carbocycles. The van der Waals surface area contributed by atoms with Crippen molar-refractivity contribution in [3.63, 3.8) is 0 Å². The Bertz CT molecular complexity index is 1170. The van der Waals surface area contributed by atoms with Gasteiger partial charge in [0.15, 0.2) is 0 Å². The number of amides is 3. The predicted octanol–water partition coefficient (Wildman–Crippen LogP) is 7.12. The minimum absolute atomic E-state index is 0.208. The summed E-state index contributed by atoms with van der Waals surface area (Å²) in [6, 6.07) is 8.91. The summed E-state index contributed by atoms with van der Waals surface area (Å²) in [5.74, 6) is -0.961. The number of rotatable bonds is 9. The molecule has 0 aliphatic rings. The van der Waals surface area contributed by atoms with Gasteiger partial charge in [0, 0.05) is 6.04 Å². The van der Waals surface area contributed by atoms with Crippen LogP contribution in [0.15, 0.2) is 36.4 Å². The molecular weight excluding hydrogens is 514 g/mol. The van der Waals surface area contributed by atoms with E-state index in [9.17, 15) is 14.4 Å². The van der Waals surface area contributed by atoms with Gasteiger partial charge in [-0.05, 0) is 89.6 Å². The summed E-state index contributed by atoms with van der Waals surface area (Å²) in [6.45, 7) is 18.7. The molecule has 2 rings (SSSR count). The minimum Gasteiger partial charge on any atom is -0.444 e. The highest BCUT2D eigenvalue weighted by atomic mass is 35.5. The Morgan fingerprint density at radius 3 is 2.13 bits per heavy atom. The monoisotopic (exact) mass is 557 g/mol. The molecule has 0 spiro atoms. The molecule has 0 fully saturated rings. The van der Waals surface area contributed by atoms with Crippen molar-refractivity contribution in [1.82, 2.24) is 10.2 Å². The molecular formula is C31H44ClN3O4. The van der Waals surface area contributed by atoms with Crippen molar-refractivity contribution in [1.29, 1.82) is 0 Å². The number of carbonyl (C=O) groups excluding carboxylic acids is 3. The van der Waals surface area contributed by atoms with Crippen LogP contribution < -0.4 is 10.6 Å². The van der Waals surface area contributed by atoms with Crippen LogP contribution in [-0.2, 0) is 14.3 Å². The van der Waals surface area contributed by atoms with Gasteiger partial charge in [0.2, 0.25) is 5.91 Å². The molecule has 7 nitrogen and oxygen atoms in total. The summed E-state index contributed by atoms with van der Waals surface area (Å²) in [5, 5.41) is 6.18. The minimum atomic E-state index is -0.973. The Hall–Kier alpha value is -3.06. The number of anilines is 1. The van der Waals surface area contributed by atoms with Crippen LogP contribution in [0.4, 0.5) is 10.5 Å². The van der Waals surface area contributed by atoms with Gasteiger partial charge in [-0.25, -0.2) is 4.79 Å². The van der Waals surface area contributed by atoms with Crippen LogP contribution in [0, 0.1) is 26.7 Å². The zero-order valence-electron chi connectivity index (χ0n) is 24.9. The van der Waals surface area contributed by atoms with E-state index in [4.69, 9.17) is 16.3 Å². The summed E-state index contributed by atoms with van der Waals surface area (Å²) >= 11 is 6.44. The van der Waals surface area contributed by atoms with Crippen molar-refractivity contribution in [2.45, 2.75) is 99.4 Å². The lowest BCUT2D eigenvalue weighted by atomic mass is 9.93. The first-order valence-corrected chi connectivity index (χ1v) is 13.9. The van der Waals surface area contributed by atoms with Gasteiger partial charge < -0.3 is 20.3 Å². The topological polar surface area (TPSA) is 87.7 Å². The molecule has 0 heterocycles. The van der Waals surface area contributed by atoms with Crippen molar-refractivity contribution in [3.05, 3.63) is 63.7 Å². The van der Waals surface area contributed by atoms with E-state index in [1.165, 1.54) is 0 Å². The first kappa shape index (κ1) is 32.2. The van der Waals surface area contributed by atoms with Crippen LogP contribution in [-0.4, -0.2) is 40.5 Å². The summed E-state index contributed by atoms with van der Waals surface area (Å²) in [6.07, 6.45) is -0.0407. The van der Waals surface area contributed by atoms with Gasteiger partial charge in [0.1, 0.15) is 17.7 Å². The molecule has 0 saturated heterocycles. The van der Waals surface area contributed by atoms with E-state index in [2.05, 4.69) is 10.6 Å². The smallest absolute Gasteiger partial charge is 0.408 e. The number of nitrogens with one attached hydrogen (secondary N) is 2. The molecule has 0 aromatic heterocycles. The lowest BCUT2D eigenvalue weighted by molar-refractivity contribution is -0.144. The molecule has 3 amide bonds. The third-order valence-electron chi connectivity index (χ3n) is 6.81. The molecule has 0 aliphatic carbocycles. The normalized spacial score (nSPS) is 13.8. The maximum Gasteiger partial charge on any atom is 0.408 e. The van der Waals surface area contributed by atoms with E-state index < -0.39 is 29.7 Å². The van der Waals surface area contributed by atoms with Gasteiger partial charge in [-0.15, -0.1) is 0 Å². The summed E-state index contributed by atoms with van der Waals surface area (Å²) < 4.78 is 5.47. The number of alkyl carbamates (subject to hydrolysis) is 1. The number of halogens is 1. The van der Waals surface area contributed by atoms with E-state index in [1.807, 2.05) is 78.8 Å². The number of hydrogen-bond donors (Lipinski definition) is 2. The van der Waals surface area contributed by atoms with Crippen molar-refractivity contribution >= 4 is 35.2 Å². The van der Waals surface area contributed by atoms with Gasteiger partial charge >= 0.3 is 6.09 Å². The average molecular weight is 558 g/mol. The van der Waals surface area contributed by atoms with Crippen molar-refractivity contribution in [2.24, 2.45) is 5.92 Å². The fraction of sp³-hybridized carbons (Fsp3) is 0.516. The quantitative estimate of drug-likeness (QED) is 0.343. The van der Waals surface area contributed by atoms with E-state index >= 15 is 0 Å². The molecule has 0 saturated carbocycles. The van der Waals surface area contributed by atoms with E-state index in [0.29, 0.717) is 22.7 Å². The van der Waals surface area contributed by atoms with Crippen LogP contribution in [0.2, 0.25) is 5.02 Å². The largest absolute Gasteiger partial charge is 0.444 e. The second-order valence-electron chi connectivity index (χ2n) is 11.5. The van der Waals surface area contributed by atoms with E-state index in [-0.39, 0.29) is 17.9 Å². The van der Waals surface area contributed by atoms with Gasteiger partial charge in [0.05, 0.1) is 10.7 Å².